The molecule has 162 valence electrons. The summed E-state index contributed by atoms with van der Waals surface area (Å²) >= 11 is 1.38. The normalized spacial score (nSPS) is 14.0. The van der Waals surface area contributed by atoms with E-state index in [4.69, 9.17) is 9.47 Å². The van der Waals surface area contributed by atoms with Crippen LogP contribution in [0.1, 0.15) is 40.0 Å². The first-order chi connectivity index (χ1) is 15.1. The fourth-order valence-electron chi connectivity index (χ4n) is 3.91. The average Bonchev–Trinajstić information content (AvgIpc) is 3.22. The number of nitrogens with zero attached hydrogens (tertiary/aromatic N) is 4. The van der Waals surface area contributed by atoms with Gasteiger partial charge in [-0.15, -0.1) is 5.10 Å². The van der Waals surface area contributed by atoms with E-state index < -0.39 is 11.9 Å². The molecule has 0 spiro atoms. The van der Waals surface area contributed by atoms with Gasteiger partial charge in [0.2, 0.25) is 5.16 Å². The highest BCUT2D eigenvalue weighted by molar-refractivity contribution is 7.98. The Balaban J connectivity index is 1.89. The molecule has 0 bridgehead atoms. The van der Waals surface area contributed by atoms with E-state index >= 15 is 0 Å². The minimum Gasteiger partial charge on any atom is -0.465 e. The highest BCUT2D eigenvalue weighted by atomic mass is 32.2. The minimum absolute atomic E-state index is 0.0908. The van der Waals surface area contributed by atoms with Gasteiger partial charge in [0.25, 0.3) is 0 Å². The molecule has 31 heavy (non-hydrogen) atoms. The van der Waals surface area contributed by atoms with Crippen molar-refractivity contribution in [2.45, 2.75) is 24.4 Å². The van der Waals surface area contributed by atoms with E-state index in [-0.39, 0.29) is 11.1 Å². The maximum absolute atomic E-state index is 12.6. The van der Waals surface area contributed by atoms with Gasteiger partial charge in [-0.3, -0.25) is 0 Å². The van der Waals surface area contributed by atoms with Crippen molar-refractivity contribution < 1.29 is 19.1 Å². The van der Waals surface area contributed by atoms with Crippen LogP contribution in [-0.2, 0) is 9.47 Å². The highest BCUT2D eigenvalue weighted by Gasteiger charge is 2.28. The highest BCUT2D eigenvalue weighted by Crippen LogP contribution is 2.32. The minimum atomic E-state index is -0.644. The Kier molecular flexibility index (Phi) is 6.13. The number of ether oxygens (including phenoxy) is 2. The lowest BCUT2D eigenvalue weighted by Gasteiger charge is -2.28. The third-order valence-corrected chi connectivity index (χ3v) is 5.99. The molecule has 0 atom stereocenters. The molecule has 9 heteroatoms. The number of fused-ring (bicyclic) bond motifs is 1. The zero-order chi connectivity index (χ0) is 22.0. The molecular formula is C22H24N4O4S. The van der Waals surface area contributed by atoms with Gasteiger partial charge in [0.15, 0.2) is 0 Å². The number of piperidine rings is 1. The number of carbonyl (C=O) groups excluding carboxylic acids is 2. The fraction of sp³-hybridized carbons (Fsp3) is 0.364. The van der Waals surface area contributed by atoms with Crippen molar-refractivity contribution >= 4 is 34.9 Å². The molecule has 1 saturated heterocycles. The van der Waals surface area contributed by atoms with Crippen LogP contribution in [0, 0.1) is 0 Å². The smallest absolute Gasteiger partial charge is 0.341 e. The maximum Gasteiger partial charge on any atom is 0.341 e. The first kappa shape index (κ1) is 21.2. The molecule has 3 aromatic rings. The standard InChI is InChI=1S/C22H24N4O4S/c1-29-20(27)16-13-26-19(17(16)21(28)30-2)18(23-22(24-26)31-3)14-7-9-15(10-8-14)25-11-5-4-6-12-25/h7-10,13H,4-6,11-12H2,1-3H3. The second-order valence-corrected chi connectivity index (χ2v) is 8.01. The number of aromatic nitrogens is 3. The molecule has 4 rings (SSSR count). The van der Waals surface area contributed by atoms with Gasteiger partial charge < -0.3 is 14.4 Å². The predicted octanol–water partition coefficient (Wildman–Crippen LogP) is 3.68. The number of esters is 2. The van der Waals surface area contributed by atoms with Gasteiger partial charge >= 0.3 is 11.9 Å². The van der Waals surface area contributed by atoms with Gasteiger partial charge in [0.1, 0.15) is 11.1 Å². The molecule has 0 radical (unpaired) electrons. The first-order valence-corrected chi connectivity index (χ1v) is 11.3. The summed E-state index contributed by atoms with van der Waals surface area (Å²) in [6.45, 7) is 2.11. The van der Waals surface area contributed by atoms with Gasteiger partial charge in [-0.05, 0) is 37.7 Å². The summed E-state index contributed by atoms with van der Waals surface area (Å²) in [5.74, 6) is -1.28. The van der Waals surface area contributed by atoms with Crippen LogP contribution in [0.3, 0.4) is 0 Å². The number of benzene rings is 1. The summed E-state index contributed by atoms with van der Waals surface area (Å²) < 4.78 is 11.3. The quantitative estimate of drug-likeness (QED) is 0.439. The molecule has 2 aromatic heterocycles. The molecule has 1 fully saturated rings. The van der Waals surface area contributed by atoms with Crippen LogP contribution < -0.4 is 4.90 Å². The van der Waals surface area contributed by atoms with Crippen molar-refractivity contribution in [2.24, 2.45) is 0 Å². The summed E-state index contributed by atoms with van der Waals surface area (Å²) in [5.41, 5.74) is 3.14. The molecule has 0 N–H and O–H groups in total. The van der Waals surface area contributed by atoms with E-state index in [0.29, 0.717) is 16.4 Å². The zero-order valence-corrected chi connectivity index (χ0v) is 18.6. The maximum atomic E-state index is 12.6. The van der Waals surface area contributed by atoms with Gasteiger partial charge in [-0.2, -0.15) is 0 Å². The van der Waals surface area contributed by atoms with Crippen LogP contribution in [-0.4, -0.2) is 60.1 Å². The van der Waals surface area contributed by atoms with Crippen LogP contribution in [0.2, 0.25) is 0 Å². The van der Waals surface area contributed by atoms with Gasteiger partial charge in [-0.1, -0.05) is 23.9 Å². The van der Waals surface area contributed by atoms with Crippen molar-refractivity contribution in [1.82, 2.24) is 14.6 Å². The summed E-state index contributed by atoms with van der Waals surface area (Å²) in [4.78, 5) is 32.0. The Morgan fingerprint density at radius 2 is 1.68 bits per heavy atom. The Labute approximate surface area is 184 Å². The number of carbonyl (C=O) groups is 2. The number of hydrogen-bond donors (Lipinski definition) is 0. The van der Waals surface area contributed by atoms with Crippen molar-refractivity contribution in [3.05, 3.63) is 41.6 Å². The fourth-order valence-corrected chi connectivity index (χ4v) is 4.26. The number of hydrogen-bond acceptors (Lipinski definition) is 8. The third-order valence-electron chi connectivity index (χ3n) is 5.45. The van der Waals surface area contributed by atoms with E-state index in [1.807, 2.05) is 18.4 Å². The van der Waals surface area contributed by atoms with Crippen LogP contribution in [0.15, 0.2) is 35.6 Å². The lowest BCUT2D eigenvalue weighted by molar-refractivity contribution is 0.0558. The van der Waals surface area contributed by atoms with Crippen molar-refractivity contribution in [1.29, 1.82) is 0 Å². The van der Waals surface area contributed by atoms with Gasteiger partial charge in [0.05, 0.1) is 25.5 Å². The van der Waals surface area contributed by atoms with Crippen molar-refractivity contribution in [3.8, 4) is 11.3 Å². The Morgan fingerprint density at radius 1 is 1.00 bits per heavy atom. The van der Waals surface area contributed by atoms with E-state index in [0.717, 1.165) is 24.3 Å². The van der Waals surface area contributed by atoms with Crippen LogP contribution in [0.4, 0.5) is 5.69 Å². The topological polar surface area (TPSA) is 86.0 Å². The van der Waals surface area contributed by atoms with Crippen LogP contribution >= 0.6 is 11.8 Å². The van der Waals surface area contributed by atoms with E-state index in [9.17, 15) is 9.59 Å². The largest absolute Gasteiger partial charge is 0.465 e. The van der Waals surface area contributed by atoms with Crippen LogP contribution in [0.25, 0.3) is 16.8 Å². The summed E-state index contributed by atoms with van der Waals surface area (Å²) in [6.07, 6.45) is 7.04. The predicted molar refractivity (Wildman–Crippen MR) is 119 cm³/mol. The second kappa shape index (κ2) is 8.97. The Morgan fingerprint density at radius 3 is 2.29 bits per heavy atom. The lowest BCUT2D eigenvalue weighted by Crippen LogP contribution is -2.29. The second-order valence-electron chi connectivity index (χ2n) is 7.24. The molecule has 0 aliphatic carbocycles. The Bertz CT molecular complexity index is 1120. The molecule has 1 aliphatic rings. The SMILES string of the molecule is COC(=O)c1cn2nc(SC)nc(-c3ccc(N4CCCCC4)cc3)c2c1C(=O)OC. The molecule has 1 aliphatic heterocycles. The third kappa shape index (κ3) is 3.97. The summed E-state index contributed by atoms with van der Waals surface area (Å²) in [6, 6.07) is 8.12. The van der Waals surface area contributed by atoms with Gasteiger partial charge in [-0.25, -0.2) is 19.1 Å². The Hall–Kier alpha value is -3.07. The summed E-state index contributed by atoms with van der Waals surface area (Å²) in [7, 11) is 2.54. The molecule has 1 aromatic carbocycles. The molecular weight excluding hydrogens is 416 g/mol. The monoisotopic (exact) mass is 440 g/mol. The molecule has 0 saturated carbocycles. The van der Waals surface area contributed by atoms with E-state index in [1.165, 1.54) is 56.0 Å². The van der Waals surface area contributed by atoms with Crippen molar-refractivity contribution in [2.75, 3.05) is 38.5 Å². The molecule has 3 heterocycles. The lowest BCUT2D eigenvalue weighted by atomic mass is 10.1. The number of thioether (sulfide) groups is 1. The molecule has 0 amide bonds. The van der Waals surface area contributed by atoms with E-state index in [2.05, 4.69) is 27.1 Å². The number of rotatable bonds is 5. The molecule has 8 nitrogen and oxygen atoms in total. The van der Waals surface area contributed by atoms with Gasteiger partial charge in [0, 0.05) is 30.5 Å². The van der Waals surface area contributed by atoms with Crippen LogP contribution in [0.5, 0.6) is 0 Å². The average molecular weight is 441 g/mol. The number of anilines is 1. The number of methoxy groups -OCH3 is 2. The first-order valence-electron chi connectivity index (χ1n) is 10.1. The summed E-state index contributed by atoms with van der Waals surface area (Å²) in [5, 5.41) is 4.95. The molecule has 0 unspecified atom stereocenters. The van der Waals surface area contributed by atoms with Crippen molar-refractivity contribution in [3.63, 3.8) is 0 Å². The zero-order valence-electron chi connectivity index (χ0n) is 17.8. The van der Waals surface area contributed by atoms with E-state index in [1.54, 1.807) is 0 Å².